The van der Waals surface area contributed by atoms with E-state index in [1.165, 1.54) is 6.92 Å². The zero-order chi connectivity index (χ0) is 13.5. The average Bonchev–Trinajstić information content (AvgIpc) is 2.77. The maximum atomic E-state index is 11.7. The van der Waals surface area contributed by atoms with Gasteiger partial charge < -0.3 is 15.2 Å². The molecule has 0 bridgehead atoms. The van der Waals surface area contributed by atoms with Crippen molar-refractivity contribution >= 4 is 22.7 Å². The highest BCUT2D eigenvalue weighted by molar-refractivity contribution is 7.85. The molecule has 1 aliphatic heterocycles. The van der Waals surface area contributed by atoms with Crippen LogP contribution in [0.4, 0.5) is 0 Å². The average molecular weight is 277 g/mol. The number of nitrogens with one attached hydrogen (secondary N) is 1. The van der Waals surface area contributed by atoms with Crippen molar-refractivity contribution in [2.24, 2.45) is 0 Å². The van der Waals surface area contributed by atoms with E-state index in [-0.39, 0.29) is 11.9 Å². The van der Waals surface area contributed by atoms with Gasteiger partial charge in [0, 0.05) is 30.1 Å². The Morgan fingerprint density at radius 1 is 1.56 bits per heavy atom. The van der Waals surface area contributed by atoms with Gasteiger partial charge in [-0.15, -0.1) is 0 Å². The van der Waals surface area contributed by atoms with Crippen LogP contribution in [0.25, 0.3) is 0 Å². The van der Waals surface area contributed by atoms with Crippen LogP contribution in [-0.4, -0.2) is 51.5 Å². The largest absolute Gasteiger partial charge is 0.480 e. The van der Waals surface area contributed by atoms with Gasteiger partial charge in [-0.1, -0.05) is 0 Å². The number of hydrogen-bond acceptors (Lipinski definition) is 4. The highest BCUT2D eigenvalue weighted by Gasteiger charge is 2.22. The number of hydrogen-bond donors (Lipinski definition) is 2. The number of carboxylic acids is 1. The first-order valence-electron chi connectivity index (χ1n) is 5.95. The summed E-state index contributed by atoms with van der Waals surface area (Å²) in [6.07, 6.45) is 2.84. The first kappa shape index (κ1) is 15.1. The van der Waals surface area contributed by atoms with Gasteiger partial charge in [0.05, 0.1) is 11.9 Å². The molecule has 1 heterocycles. The van der Waals surface area contributed by atoms with E-state index in [4.69, 9.17) is 9.84 Å². The Labute approximate surface area is 109 Å². The third-order valence-corrected chi connectivity index (χ3v) is 4.12. The number of rotatable bonds is 7. The van der Waals surface area contributed by atoms with Gasteiger partial charge in [-0.05, 0) is 19.3 Å². The lowest BCUT2D eigenvalue weighted by Gasteiger charge is -2.13. The Bertz CT molecular complexity index is 327. The van der Waals surface area contributed by atoms with Crippen LogP contribution in [0.2, 0.25) is 0 Å². The Morgan fingerprint density at radius 3 is 2.78 bits per heavy atom. The highest BCUT2D eigenvalue weighted by Crippen LogP contribution is 2.15. The molecule has 0 aromatic rings. The summed E-state index contributed by atoms with van der Waals surface area (Å²) < 4.78 is 17.1. The number of ether oxygens (including phenoxy) is 1. The van der Waals surface area contributed by atoms with E-state index in [2.05, 4.69) is 5.32 Å². The van der Waals surface area contributed by atoms with Crippen LogP contribution in [-0.2, 0) is 25.1 Å². The van der Waals surface area contributed by atoms with Gasteiger partial charge >= 0.3 is 5.97 Å². The molecule has 0 aromatic heterocycles. The fraction of sp³-hybridized carbons (Fsp3) is 0.818. The molecule has 1 saturated heterocycles. The Kier molecular flexibility index (Phi) is 6.28. The first-order valence-corrected chi connectivity index (χ1v) is 7.44. The van der Waals surface area contributed by atoms with Crippen molar-refractivity contribution in [2.45, 2.75) is 38.3 Å². The summed E-state index contributed by atoms with van der Waals surface area (Å²) in [6.45, 7) is 1.99. The number of aliphatic carboxylic acids is 1. The summed E-state index contributed by atoms with van der Waals surface area (Å²) in [5, 5.41) is 11.2. The van der Waals surface area contributed by atoms with Gasteiger partial charge in [0.1, 0.15) is 6.04 Å². The van der Waals surface area contributed by atoms with Gasteiger partial charge in [-0.25, -0.2) is 4.79 Å². The fourth-order valence-corrected chi connectivity index (χ4v) is 3.11. The summed E-state index contributed by atoms with van der Waals surface area (Å²) in [7, 11) is -1.26. The smallest absolute Gasteiger partial charge is 0.327 e. The molecule has 1 amide bonds. The minimum absolute atomic E-state index is 0.0539. The van der Waals surface area contributed by atoms with Crippen LogP contribution >= 0.6 is 0 Å². The van der Waals surface area contributed by atoms with E-state index in [9.17, 15) is 13.8 Å². The summed E-state index contributed by atoms with van der Waals surface area (Å²) in [5.74, 6) is -1.23. The van der Waals surface area contributed by atoms with Crippen LogP contribution in [0.1, 0.15) is 26.2 Å². The summed E-state index contributed by atoms with van der Waals surface area (Å²) in [5.41, 5.74) is 0. The first-order chi connectivity index (χ1) is 8.49. The topological polar surface area (TPSA) is 92.7 Å². The molecule has 1 rings (SSSR count). The second-order valence-corrected chi connectivity index (χ2v) is 5.95. The van der Waals surface area contributed by atoms with Crippen LogP contribution in [0.5, 0.6) is 0 Å². The Balaban J connectivity index is 2.31. The standard InChI is InChI=1S/C11H19NO5S/c1-8(13)12-10(11(14)15)7-18(16)6-4-9-3-2-5-17-9/h9-10H,2-7H2,1H3,(H,12,13)(H,14,15). The SMILES string of the molecule is CC(=O)NC(CS(=O)CCC1CCCO1)C(=O)O. The molecule has 7 heteroatoms. The number of amides is 1. The molecule has 104 valence electrons. The number of carbonyl (C=O) groups excluding carboxylic acids is 1. The number of carbonyl (C=O) groups is 2. The van der Waals surface area contributed by atoms with E-state index in [1.807, 2.05) is 0 Å². The quantitative estimate of drug-likeness (QED) is 0.677. The van der Waals surface area contributed by atoms with Crippen molar-refractivity contribution in [3.63, 3.8) is 0 Å². The molecular formula is C11H19NO5S. The summed E-state index contributed by atoms with van der Waals surface area (Å²) in [6, 6.07) is -1.08. The molecule has 18 heavy (non-hydrogen) atoms. The van der Waals surface area contributed by atoms with E-state index < -0.39 is 28.7 Å². The van der Waals surface area contributed by atoms with E-state index in [0.29, 0.717) is 12.2 Å². The highest BCUT2D eigenvalue weighted by atomic mass is 32.2. The fourth-order valence-electron chi connectivity index (χ4n) is 1.82. The van der Waals surface area contributed by atoms with E-state index >= 15 is 0 Å². The molecule has 6 nitrogen and oxygen atoms in total. The molecule has 0 radical (unpaired) electrons. The third kappa shape index (κ3) is 5.59. The maximum Gasteiger partial charge on any atom is 0.327 e. The predicted octanol–water partition coefficient (Wildman–Crippen LogP) is -0.106. The lowest BCUT2D eigenvalue weighted by molar-refractivity contribution is -0.140. The second kappa shape index (κ2) is 7.48. The minimum Gasteiger partial charge on any atom is -0.480 e. The van der Waals surface area contributed by atoms with E-state index in [0.717, 1.165) is 19.4 Å². The van der Waals surface area contributed by atoms with Crippen LogP contribution < -0.4 is 5.32 Å². The van der Waals surface area contributed by atoms with E-state index in [1.54, 1.807) is 0 Å². The Hall–Kier alpha value is -0.950. The molecule has 3 unspecified atom stereocenters. The van der Waals surface area contributed by atoms with Crippen molar-refractivity contribution in [3.8, 4) is 0 Å². The molecule has 1 fully saturated rings. The van der Waals surface area contributed by atoms with Gasteiger partial charge in [0.15, 0.2) is 0 Å². The van der Waals surface area contributed by atoms with Crippen molar-refractivity contribution < 1.29 is 23.6 Å². The lowest BCUT2D eigenvalue weighted by Crippen LogP contribution is -2.43. The summed E-state index contributed by atoms with van der Waals surface area (Å²) >= 11 is 0. The zero-order valence-electron chi connectivity index (χ0n) is 10.4. The van der Waals surface area contributed by atoms with Gasteiger partial charge in [0.2, 0.25) is 5.91 Å². The normalized spacial score (nSPS) is 22.4. The summed E-state index contributed by atoms with van der Waals surface area (Å²) in [4.78, 5) is 21.7. The molecule has 0 spiro atoms. The maximum absolute atomic E-state index is 11.7. The molecule has 0 aliphatic carbocycles. The van der Waals surface area contributed by atoms with Crippen LogP contribution in [0.15, 0.2) is 0 Å². The molecule has 2 N–H and O–H groups in total. The minimum atomic E-state index is -1.26. The van der Waals surface area contributed by atoms with Crippen molar-refractivity contribution in [3.05, 3.63) is 0 Å². The van der Waals surface area contributed by atoms with Gasteiger partial charge in [0.25, 0.3) is 0 Å². The molecule has 1 aliphatic rings. The van der Waals surface area contributed by atoms with Crippen LogP contribution in [0.3, 0.4) is 0 Å². The third-order valence-electron chi connectivity index (χ3n) is 2.72. The van der Waals surface area contributed by atoms with Crippen molar-refractivity contribution in [2.75, 3.05) is 18.1 Å². The zero-order valence-corrected chi connectivity index (χ0v) is 11.2. The van der Waals surface area contributed by atoms with Crippen molar-refractivity contribution in [1.29, 1.82) is 0 Å². The number of carboxylic acid groups (broad SMARTS) is 1. The second-order valence-electron chi connectivity index (χ2n) is 4.33. The van der Waals surface area contributed by atoms with Crippen molar-refractivity contribution in [1.82, 2.24) is 5.32 Å². The Morgan fingerprint density at radius 2 is 2.28 bits per heavy atom. The molecule has 0 saturated carbocycles. The molecule has 0 aromatic carbocycles. The van der Waals surface area contributed by atoms with Gasteiger partial charge in [-0.2, -0.15) is 0 Å². The molecular weight excluding hydrogens is 258 g/mol. The van der Waals surface area contributed by atoms with Crippen LogP contribution in [0, 0.1) is 0 Å². The predicted molar refractivity (Wildman–Crippen MR) is 66.7 cm³/mol. The monoisotopic (exact) mass is 277 g/mol. The molecule has 3 atom stereocenters. The van der Waals surface area contributed by atoms with Gasteiger partial charge in [-0.3, -0.25) is 9.00 Å². The lowest BCUT2D eigenvalue weighted by atomic mass is 10.2.